The Morgan fingerprint density at radius 2 is 1.10 bits per heavy atom. The maximum Gasteiger partial charge on any atom is 0.267 e. The monoisotopic (exact) mass is 438 g/mol. The minimum atomic E-state index is -0.973. The van der Waals surface area contributed by atoms with Crippen LogP contribution >= 0.6 is 0 Å². The molecule has 31 heavy (non-hydrogen) atoms. The van der Waals surface area contributed by atoms with E-state index in [1.165, 1.54) is 97.3 Å². The highest BCUT2D eigenvalue weighted by atomic mass is 16.6. The summed E-state index contributed by atoms with van der Waals surface area (Å²) >= 11 is 0. The van der Waals surface area contributed by atoms with Crippen LogP contribution in [-0.2, 0) is 14.4 Å². The lowest BCUT2D eigenvalue weighted by atomic mass is 10.0. The largest absolute Gasteiger partial charge is 0.765 e. The van der Waals surface area contributed by atoms with E-state index in [-0.39, 0.29) is 0 Å². The molecular formula is C24H44N3O4-. The molecule has 1 unspecified atom stereocenters. The summed E-state index contributed by atoms with van der Waals surface area (Å²) in [7, 11) is 0. The molecule has 0 aromatic heterocycles. The molecule has 180 valence electrons. The zero-order valence-electron chi connectivity index (χ0n) is 20.1. The molecule has 0 radical (unpaired) electrons. The Morgan fingerprint density at radius 3 is 1.42 bits per heavy atom. The molecule has 3 amide bonds. The molecule has 1 atom stereocenters. The van der Waals surface area contributed by atoms with Crippen molar-refractivity contribution in [3.05, 3.63) is 5.21 Å². The van der Waals surface area contributed by atoms with Gasteiger partial charge in [-0.1, -0.05) is 110 Å². The fraction of sp³-hybridized carbons (Fsp3) is 0.875. The van der Waals surface area contributed by atoms with Gasteiger partial charge in [-0.25, -0.2) is 0 Å². The van der Waals surface area contributed by atoms with Gasteiger partial charge in [-0.3, -0.25) is 19.6 Å². The Morgan fingerprint density at radius 1 is 0.710 bits per heavy atom. The molecule has 1 aliphatic heterocycles. The van der Waals surface area contributed by atoms with Crippen LogP contribution in [0.3, 0.4) is 0 Å². The van der Waals surface area contributed by atoms with Gasteiger partial charge in [0.25, 0.3) is 11.8 Å². The molecule has 0 N–H and O–H groups in total. The van der Waals surface area contributed by atoms with Crippen LogP contribution in [0, 0.1) is 5.21 Å². The molecule has 7 heteroatoms. The lowest BCUT2D eigenvalue weighted by molar-refractivity contribution is -0.178. The number of unbranched alkanes of at least 4 members (excludes halogenated alkanes) is 15. The fourth-order valence-electron chi connectivity index (χ4n) is 4.24. The lowest BCUT2D eigenvalue weighted by Gasteiger charge is -2.36. The van der Waals surface area contributed by atoms with Gasteiger partial charge in [0.1, 0.15) is 0 Å². The SMILES string of the molecule is CCCCCCCCCCCCCCCCCCC1C(=O)N(C(C)=O)N(C(C)=O)N1[O-]. The molecule has 1 saturated heterocycles. The average Bonchev–Trinajstić information content (AvgIpc) is 2.98. The number of hydrazine groups is 2. The number of hydrogen-bond donors (Lipinski definition) is 0. The van der Waals surface area contributed by atoms with E-state index >= 15 is 0 Å². The molecule has 0 aromatic rings. The summed E-state index contributed by atoms with van der Waals surface area (Å²) in [5.41, 5.74) is 0. The summed E-state index contributed by atoms with van der Waals surface area (Å²) in [6, 6.07) is -0.973. The fourth-order valence-corrected chi connectivity index (χ4v) is 4.24. The Kier molecular flexibility index (Phi) is 14.4. The first-order valence-corrected chi connectivity index (χ1v) is 12.5. The van der Waals surface area contributed by atoms with Crippen molar-refractivity contribution in [1.82, 2.24) is 15.3 Å². The highest BCUT2D eigenvalue weighted by molar-refractivity contribution is 6.00. The van der Waals surface area contributed by atoms with E-state index in [0.717, 1.165) is 19.3 Å². The smallest absolute Gasteiger partial charge is 0.267 e. The van der Waals surface area contributed by atoms with Gasteiger partial charge in [0, 0.05) is 13.8 Å². The van der Waals surface area contributed by atoms with Gasteiger partial charge in [0.2, 0.25) is 5.91 Å². The van der Waals surface area contributed by atoms with Crippen molar-refractivity contribution >= 4 is 17.7 Å². The summed E-state index contributed by atoms with van der Waals surface area (Å²) in [5, 5.41) is 13.9. The van der Waals surface area contributed by atoms with E-state index in [1.54, 1.807) is 0 Å². The van der Waals surface area contributed by atoms with Gasteiger partial charge < -0.3 is 5.21 Å². The van der Waals surface area contributed by atoms with Crippen molar-refractivity contribution in [2.24, 2.45) is 0 Å². The summed E-state index contributed by atoms with van der Waals surface area (Å²) in [5.74, 6) is -1.85. The maximum atomic E-state index is 12.3. The van der Waals surface area contributed by atoms with Crippen LogP contribution in [0.15, 0.2) is 0 Å². The number of nitrogens with zero attached hydrogens (tertiary/aromatic N) is 3. The van der Waals surface area contributed by atoms with E-state index in [4.69, 9.17) is 0 Å². The maximum absolute atomic E-state index is 12.3. The Hall–Kier alpha value is -1.47. The van der Waals surface area contributed by atoms with Gasteiger partial charge in [-0.2, -0.15) is 10.1 Å². The number of imide groups is 1. The Balaban J connectivity index is 2.01. The first-order valence-electron chi connectivity index (χ1n) is 12.5. The van der Waals surface area contributed by atoms with Crippen LogP contribution in [0.5, 0.6) is 0 Å². The summed E-state index contributed by atoms with van der Waals surface area (Å²) < 4.78 is 0. The zero-order chi connectivity index (χ0) is 23.1. The van der Waals surface area contributed by atoms with Crippen molar-refractivity contribution in [1.29, 1.82) is 0 Å². The third-order valence-electron chi connectivity index (χ3n) is 6.05. The molecule has 1 heterocycles. The minimum absolute atomic E-state index is 0.358. The van der Waals surface area contributed by atoms with E-state index in [0.29, 0.717) is 21.7 Å². The van der Waals surface area contributed by atoms with E-state index in [2.05, 4.69) is 6.92 Å². The molecule has 0 aliphatic carbocycles. The van der Waals surface area contributed by atoms with Crippen molar-refractivity contribution in [3.63, 3.8) is 0 Å². The van der Waals surface area contributed by atoms with Crippen molar-refractivity contribution in [2.45, 2.75) is 136 Å². The Bertz CT molecular complexity index is 541. The molecule has 1 rings (SSSR count). The topological polar surface area (TPSA) is 84.0 Å². The third-order valence-corrected chi connectivity index (χ3v) is 6.05. The van der Waals surface area contributed by atoms with E-state index < -0.39 is 23.8 Å². The summed E-state index contributed by atoms with van der Waals surface area (Å²) in [6.45, 7) is 4.61. The van der Waals surface area contributed by atoms with Crippen LogP contribution in [0.4, 0.5) is 0 Å². The van der Waals surface area contributed by atoms with Gasteiger partial charge in [0.05, 0.1) is 6.04 Å². The Labute approximate surface area is 189 Å². The number of rotatable bonds is 17. The molecule has 0 spiro atoms. The molecular weight excluding hydrogens is 394 g/mol. The second-order valence-corrected chi connectivity index (χ2v) is 8.89. The average molecular weight is 439 g/mol. The lowest BCUT2D eigenvalue weighted by Crippen LogP contribution is -2.48. The normalized spacial score (nSPS) is 17.0. The van der Waals surface area contributed by atoms with Crippen LogP contribution in [0.25, 0.3) is 0 Å². The van der Waals surface area contributed by atoms with Crippen LogP contribution in [0.2, 0.25) is 0 Å². The summed E-state index contributed by atoms with van der Waals surface area (Å²) in [6.07, 6.45) is 20.6. The van der Waals surface area contributed by atoms with Crippen LogP contribution in [0.1, 0.15) is 130 Å². The second kappa shape index (κ2) is 16.2. The number of amides is 3. The molecule has 7 nitrogen and oxygen atoms in total. The summed E-state index contributed by atoms with van der Waals surface area (Å²) in [4.78, 5) is 35.6. The highest BCUT2D eigenvalue weighted by Crippen LogP contribution is 2.24. The van der Waals surface area contributed by atoms with Gasteiger partial charge in [0.15, 0.2) is 0 Å². The van der Waals surface area contributed by atoms with E-state index in [1.807, 2.05) is 0 Å². The predicted molar refractivity (Wildman–Crippen MR) is 123 cm³/mol. The number of hydroxylamine groups is 1. The first kappa shape index (κ1) is 27.6. The van der Waals surface area contributed by atoms with Crippen molar-refractivity contribution in [2.75, 3.05) is 0 Å². The van der Waals surface area contributed by atoms with Crippen LogP contribution < -0.4 is 0 Å². The van der Waals surface area contributed by atoms with Gasteiger partial charge in [-0.15, -0.1) is 0 Å². The third kappa shape index (κ3) is 10.1. The van der Waals surface area contributed by atoms with E-state index in [9.17, 15) is 19.6 Å². The van der Waals surface area contributed by atoms with Crippen molar-refractivity contribution < 1.29 is 14.4 Å². The predicted octanol–water partition coefficient (Wildman–Crippen LogP) is 5.87. The number of carbonyl (C=O) groups is 3. The number of hydrogen-bond acceptors (Lipinski definition) is 5. The molecule has 0 aromatic carbocycles. The number of carbonyl (C=O) groups excluding carboxylic acids is 3. The minimum Gasteiger partial charge on any atom is -0.765 e. The molecule has 0 saturated carbocycles. The van der Waals surface area contributed by atoms with Gasteiger partial charge >= 0.3 is 0 Å². The highest BCUT2D eigenvalue weighted by Gasteiger charge is 2.43. The standard InChI is InChI=1S/C24H44N3O4/c1-4-5-6-7-8-9-10-11-12-13-14-15-16-17-18-19-20-23-24(30)25(21(2)28)26(22(3)29)27(23)31/h23H,4-20H2,1-3H3/q-1. The zero-order valence-corrected chi connectivity index (χ0v) is 20.1. The first-order chi connectivity index (χ1) is 14.9. The molecule has 1 aliphatic rings. The molecule has 1 fully saturated rings. The van der Waals surface area contributed by atoms with Gasteiger partial charge in [-0.05, 0) is 6.42 Å². The second-order valence-electron chi connectivity index (χ2n) is 8.89. The van der Waals surface area contributed by atoms with Crippen LogP contribution in [-0.4, -0.2) is 39.1 Å². The van der Waals surface area contributed by atoms with Crippen molar-refractivity contribution in [3.8, 4) is 0 Å². The quantitative estimate of drug-likeness (QED) is 0.265. The molecule has 0 bridgehead atoms.